The molecule has 0 fully saturated rings. The van der Waals surface area contributed by atoms with Crippen molar-refractivity contribution in [1.82, 2.24) is 0 Å². The third-order valence-corrected chi connectivity index (χ3v) is 4.21. The Morgan fingerprint density at radius 3 is 2.19 bits per heavy atom. The standard InChI is InChI=1S/C22H19ClN2O2/c23-18-10-7-11-19(14-18)24-21(26)15-22(27)25(20-12-5-2-6-13-20)16-17-8-3-1-4-9-17/h1-14H,15-16H2,(H,24,26). The summed E-state index contributed by atoms with van der Waals surface area (Å²) in [7, 11) is 0. The molecule has 0 saturated carbocycles. The van der Waals surface area contributed by atoms with Crippen molar-refractivity contribution in [2.24, 2.45) is 0 Å². The van der Waals surface area contributed by atoms with E-state index in [1.54, 1.807) is 29.2 Å². The largest absolute Gasteiger partial charge is 0.326 e. The van der Waals surface area contributed by atoms with Gasteiger partial charge in [0.15, 0.2) is 0 Å². The quantitative estimate of drug-likeness (QED) is 0.620. The van der Waals surface area contributed by atoms with Gasteiger partial charge in [-0.05, 0) is 35.9 Å². The van der Waals surface area contributed by atoms with Crippen LogP contribution in [0, 0.1) is 0 Å². The monoisotopic (exact) mass is 378 g/mol. The van der Waals surface area contributed by atoms with Crippen LogP contribution in [0.15, 0.2) is 84.9 Å². The molecular weight excluding hydrogens is 360 g/mol. The maximum Gasteiger partial charge on any atom is 0.236 e. The van der Waals surface area contributed by atoms with Gasteiger partial charge in [0.2, 0.25) is 11.8 Å². The molecule has 4 nitrogen and oxygen atoms in total. The van der Waals surface area contributed by atoms with Gasteiger partial charge in [-0.1, -0.05) is 66.2 Å². The summed E-state index contributed by atoms with van der Waals surface area (Å²) in [6, 6.07) is 25.9. The third kappa shape index (κ3) is 5.43. The highest BCUT2D eigenvalue weighted by Gasteiger charge is 2.19. The molecule has 0 aromatic heterocycles. The molecule has 5 heteroatoms. The van der Waals surface area contributed by atoms with Crippen LogP contribution in [0.1, 0.15) is 12.0 Å². The number of carbonyl (C=O) groups is 2. The number of carbonyl (C=O) groups excluding carboxylic acids is 2. The predicted octanol–water partition coefficient (Wildman–Crippen LogP) is 4.90. The van der Waals surface area contributed by atoms with E-state index < -0.39 is 0 Å². The first kappa shape index (κ1) is 18.7. The normalized spacial score (nSPS) is 10.3. The van der Waals surface area contributed by atoms with Gasteiger partial charge < -0.3 is 10.2 Å². The highest BCUT2D eigenvalue weighted by molar-refractivity contribution is 6.30. The summed E-state index contributed by atoms with van der Waals surface area (Å²) in [5.74, 6) is -0.652. The molecule has 2 amide bonds. The molecule has 3 rings (SSSR count). The van der Waals surface area contributed by atoms with E-state index in [0.29, 0.717) is 17.3 Å². The number of anilines is 2. The second-order valence-corrected chi connectivity index (χ2v) is 6.47. The second kappa shape index (κ2) is 9.01. The topological polar surface area (TPSA) is 49.4 Å². The summed E-state index contributed by atoms with van der Waals surface area (Å²) in [5, 5.41) is 3.24. The SMILES string of the molecule is O=C(CC(=O)N(Cc1ccccc1)c1ccccc1)Nc1cccc(Cl)c1. The van der Waals surface area contributed by atoms with Crippen molar-refractivity contribution >= 4 is 34.8 Å². The average Bonchev–Trinajstić information content (AvgIpc) is 2.67. The molecule has 0 radical (unpaired) electrons. The average molecular weight is 379 g/mol. The molecule has 0 aliphatic heterocycles. The molecular formula is C22H19ClN2O2. The number of rotatable bonds is 6. The van der Waals surface area contributed by atoms with Gasteiger partial charge in [0.1, 0.15) is 6.42 Å². The molecule has 0 atom stereocenters. The fourth-order valence-corrected chi connectivity index (χ4v) is 2.89. The minimum atomic E-state index is -0.378. The van der Waals surface area contributed by atoms with Gasteiger partial charge in [-0.2, -0.15) is 0 Å². The van der Waals surface area contributed by atoms with Crippen LogP contribution in [0.3, 0.4) is 0 Å². The summed E-state index contributed by atoms with van der Waals surface area (Å²) in [4.78, 5) is 26.8. The lowest BCUT2D eigenvalue weighted by Crippen LogP contribution is -2.33. The number of amides is 2. The molecule has 0 heterocycles. The van der Waals surface area contributed by atoms with E-state index in [-0.39, 0.29) is 18.2 Å². The molecule has 0 aliphatic carbocycles. The lowest BCUT2D eigenvalue weighted by molar-refractivity contribution is -0.125. The van der Waals surface area contributed by atoms with Crippen molar-refractivity contribution in [3.8, 4) is 0 Å². The Morgan fingerprint density at radius 1 is 0.852 bits per heavy atom. The Labute approximate surface area is 163 Å². The lowest BCUT2D eigenvalue weighted by atomic mass is 10.1. The first-order valence-electron chi connectivity index (χ1n) is 8.56. The van der Waals surface area contributed by atoms with Gasteiger partial charge >= 0.3 is 0 Å². The van der Waals surface area contributed by atoms with Crippen molar-refractivity contribution in [2.45, 2.75) is 13.0 Å². The van der Waals surface area contributed by atoms with Gasteiger partial charge in [0, 0.05) is 16.4 Å². The zero-order chi connectivity index (χ0) is 19.1. The van der Waals surface area contributed by atoms with E-state index in [2.05, 4.69) is 5.32 Å². The summed E-state index contributed by atoms with van der Waals surface area (Å²) in [6.45, 7) is 0.397. The van der Waals surface area contributed by atoms with Crippen molar-refractivity contribution in [1.29, 1.82) is 0 Å². The number of para-hydroxylation sites is 1. The molecule has 1 N–H and O–H groups in total. The third-order valence-electron chi connectivity index (χ3n) is 3.97. The first-order valence-corrected chi connectivity index (χ1v) is 8.94. The summed E-state index contributed by atoms with van der Waals surface area (Å²) in [5.41, 5.74) is 2.31. The zero-order valence-corrected chi connectivity index (χ0v) is 15.4. The van der Waals surface area contributed by atoms with E-state index in [4.69, 9.17) is 11.6 Å². The molecule has 3 aromatic carbocycles. The maximum absolute atomic E-state index is 12.9. The number of hydrogen-bond donors (Lipinski definition) is 1. The van der Waals surface area contributed by atoms with Crippen molar-refractivity contribution in [3.05, 3.63) is 95.5 Å². The molecule has 0 spiro atoms. The van der Waals surface area contributed by atoms with Crippen LogP contribution in [-0.4, -0.2) is 11.8 Å². The Kier molecular flexibility index (Phi) is 6.23. The summed E-state index contributed by atoms with van der Waals surface area (Å²) in [6.07, 6.45) is -0.256. The number of benzene rings is 3. The minimum Gasteiger partial charge on any atom is -0.326 e. The first-order chi connectivity index (χ1) is 13.1. The number of nitrogens with one attached hydrogen (secondary N) is 1. The van der Waals surface area contributed by atoms with Crippen molar-refractivity contribution in [2.75, 3.05) is 10.2 Å². The molecule has 136 valence electrons. The van der Waals surface area contributed by atoms with Crippen LogP contribution < -0.4 is 10.2 Å². The maximum atomic E-state index is 12.9. The summed E-state index contributed by atoms with van der Waals surface area (Å²) >= 11 is 5.93. The van der Waals surface area contributed by atoms with Crippen molar-refractivity contribution < 1.29 is 9.59 Å². The number of halogens is 1. The lowest BCUT2D eigenvalue weighted by Gasteiger charge is -2.23. The predicted molar refractivity (Wildman–Crippen MR) is 109 cm³/mol. The molecule has 0 bridgehead atoms. The van der Waals surface area contributed by atoms with E-state index in [1.165, 1.54) is 0 Å². The molecule has 0 saturated heterocycles. The fraction of sp³-hybridized carbons (Fsp3) is 0.0909. The summed E-state index contributed by atoms with van der Waals surface area (Å²) < 4.78 is 0. The van der Waals surface area contributed by atoms with Crippen LogP contribution in [-0.2, 0) is 16.1 Å². The molecule has 0 aliphatic rings. The molecule has 27 heavy (non-hydrogen) atoms. The highest BCUT2D eigenvalue weighted by atomic mass is 35.5. The van der Waals surface area contributed by atoms with Crippen LogP contribution in [0.5, 0.6) is 0 Å². The second-order valence-electron chi connectivity index (χ2n) is 6.04. The van der Waals surface area contributed by atoms with Gasteiger partial charge in [-0.25, -0.2) is 0 Å². The Morgan fingerprint density at radius 2 is 1.52 bits per heavy atom. The smallest absolute Gasteiger partial charge is 0.236 e. The zero-order valence-electron chi connectivity index (χ0n) is 14.6. The van der Waals surface area contributed by atoms with Gasteiger partial charge in [0.25, 0.3) is 0 Å². The fourth-order valence-electron chi connectivity index (χ4n) is 2.70. The minimum absolute atomic E-state index is 0.256. The van der Waals surface area contributed by atoms with Gasteiger partial charge in [-0.3, -0.25) is 9.59 Å². The molecule has 0 unspecified atom stereocenters. The van der Waals surface area contributed by atoms with Gasteiger partial charge in [-0.15, -0.1) is 0 Å². The van der Waals surface area contributed by atoms with E-state index in [1.807, 2.05) is 60.7 Å². The van der Waals surface area contributed by atoms with Crippen LogP contribution in [0.2, 0.25) is 5.02 Å². The highest BCUT2D eigenvalue weighted by Crippen LogP contribution is 2.19. The number of nitrogens with zero attached hydrogens (tertiary/aromatic N) is 1. The molecule has 3 aromatic rings. The van der Waals surface area contributed by atoms with E-state index in [9.17, 15) is 9.59 Å². The Balaban J connectivity index is 1.73. The van der Waals surface area contributed by atoms with Crippen LogP contribution in [0.4, 0.5) is 11.4 Å². The Hall–Kier alpha value is -3.11. The van der Waals surface area contributed by atoms with Crippen LogP contribution >= 0.6 is 11.6 Å². The van der Waals surface area contributed by atoms with Gasteiger partial charge in [0.05, 0.1) is 6.54 Å². The van der Waals surface area contributed by atoms with E-state index >= 15 is 0 Å². The van der Waals surface area contributed by atoms with Crippen LogP contribution in [0.25, 0.3) is 0 Å². The van der Waals surface area contributed by atoms with Crippen molar-refractivity contribution in [3.63, 3.8) is 0 Å². The number of hydrogen-bond acceptors (Lipinski definition) is 2. The van der Waals surface area contributed by atoms with E-state index in [0.717, 1.165) is 11.3 Å². The Bertz CT molecular complexity index is 914.